The predicted molar refractivity (Wildman–Crippen MR) is 179 cm³/mol. The zero-order chi connectivity index (χ0) is 44.5. The fourth-order valence-electron chi connectivity index (χ4n) is 6.69. The zero-order valence-corrected chi connectivity index (χ0v) is 32.1. The summed E-state index contributed by atoms with van der Waals surface area (Å²) >= 11 is 0. The molecule has 30 nitrogen and oxygen atoms in total. The average molecular weight is 912 g/mol. The number of aliphatic hydroxyl groups is 10. The first-order chi connectivity index (χ1) is 27.2. The van der Waals surface area contributed by atoms with Crippen LogP contribution < -0.4 is 17.2 Å². The summed E-state index contributed by atoms with van der Waals surface area (Å²) < 4.78 is 70.9. The van der Waals surface area contributed by atoms with Gasteiger partial charge in [0.2, 0.25) is 0 Å². The second-order valence-electron chi connectivity index (χ2n) is 14.0. The third-order valence-electron chi connectivity index (χ3n) is 9.80. The molecule has 4 rings (SSSR count). The molecule has 0 radical (unpaired) electrons. The van der Waals surface area contributed by atoms with Gasteiger partial charge in [-0.05, 0) is 0 Å². The lowest BCUT2D eigenvalue weighted by atomic mass is 9.91. The van der Waals surface area contributed by atoms with E-state index in [0.29, 0.717) is 0 Å². The molecule has 4 fully saturated rings. The van der Waals surface area contributed by atoms with Gasteiger partial charge in [0.05, 0.1) is 44.1 Å². The van der Waals surface area contributed by atoms with Crippen LogP contribution in [0.2, 0.25) is 0 Å². The largest absolute Gasteiger partial charge is 0.477 e. The molecule has 4 heterocycles. The van der Waals surface area contributed by atoms with Crippen LogP contribution in [0.1, 0.15) is 6.42 Å². The van der Waals surface area contributed by atoms with Crippen molar-refractivity contribution in [3.63, 3.8) is 0 Å². The minimum atomic E-state index is -5.51. The Kier molecular flexibility index (Phi) is 17.3. The highest BCUT2D eigenvalue weighted by Gasteiger charge is 2.59. The molecule has 4 aliphatic heterocycles. The molecule has 0 spiro atoms. The Bertz CT molecular complexity index is 1480. The summed E-state index contributed by atoms with van der Waals surface area (Å²) in [7, 11) is -11.0. The van der Waals surface area contributed by atoms with E-state index in [1.54, 1.807) is 0 Å². The van der Waals surface area contributed by atoms with E-state index in [0.717, 1.165) is 0 Å². The summed E-state index contributed by atoms with van der Waals surface area (Å²) in [5.74, 6) is -5.11. The van der Waals surface area contributed by atoms with Crippen LogP contribution in [0.15, 0.2) is 0 Å². The smallest absolute Gasteiger partial charge is 0.470 e. The SMILES string of the molecule is NC[C@@H](O)[C@H]1O[C@@](OC[C@H]2O[C@@H](OC[C@H]3O[C@H](O)[C@H](N)[C@@H](O)[C@@H]3O)[C@H](N)[C@@H](O)[C@@H]2OP(=O)(O)O)(C(=O)O)C[C@@H](O)[C@H]1O[C@H]1O[C@H]([C@H](O)CO)[C@@H](O)[C@H](OP(=O)(O)O)[C@@H]1O. The number of phosphoric ester groups is 2. The number of carboxylic acids is 1. The van der Waals surface area contributed by atoms with Crippen LogP contribution in [0.4, 0.5) is 0 Å². The van der Waals surface area contributed by atoms with Gasteiger partial charge in [-0.25, -0.2) is 13.9 Å². The van der Waals surface area contributed by atoms with Crippen LogP contribution in [0.3, 0.4) is 0 Å². The summed E-state index contributed by atoms with van der Waals surface area (Å²) in [6.45, 7) is -3.79. The number of phosphoric acid groups is 2. The Balaban J connectivity index is 1.58. The van der Waals surface area contributed by atoms with Crippen LogP contribution in [-0.4, -0.2) is 236 Å². The highest BCUT2D eigenvalue weighted by atomic mass is 31.2. The van der Waals surface area contributed by atoms with Gasteiger partial charge in [0, 0.05) is 13.0 Å². The zero-order valence-electron chi connectivity index (χ0n) is 30.3. The lowest BCUT2D eigenvalue weighted by Gasteiger charge is -2.49. The molecule has 0 amide bonds. The Morgan fingerprint density at radius 1 is 0.729 bits per heavy atom. The molecule has 0 aromatic rings. The number of carbonyl (C=O) groups is 1. The first-order valence-corrected chi connectivity index (χ1v) is 20.5. The molecule has 0 aromatic carbocycles. The van der Waals surface area contributed by atoms with Crippen molar-refractivity contribution in [2.75, 3.05) is 26.4 Å². The number of aliphatic hydroxyl groups excluding tert-OH is 10. The Morgan fingerprint density at radius 2 is 1.34 bits per heavy atom. The van der Waals surface area contributed by atoms with Gasteiger partial charge in [0.25, 0.3) is 5.79 Å². The molecule has 4 aliphatic rings. The second-order valence-corrected chi connectivity index (χ2v) is 16.4. The van der Waals surface area contributed by atoms with E-state index in [1.807, 2.05) is 0 Å². The second kappa shape index (κ2) is 20.2. The molecule has 0 unspecified atom stereocenters. The fourth-order valence-corrected chi connectivity index (χ4v) is 7.84. The van der Waals surface area contributed by atoms with E-state index < -0.39 is 183 Å². The molecule has 21 N–H and O–H groups in total. The number of rotatable bonds is 17. The maximum Gasteiger partial charge on any atom is 0.470 e. The van der Waals surface area contributed by atoms with Gasteiger partial charge in [-0.15, -0.1) is 0 Å². The summed E-state index contributed by atoms with van der Waals surface area (Å²) in [6, 6.07) is -3.13. The van der Waals surface area contributed by atoms with Crippen molar-refractivity contribution in [3.05, 3.63) is 0 Å². The van der Waals surface area contributed by atoms with Crippen molar-refractivity contribution >= 4 is 21.6 Å². The lowest BCUT2D eigenvalue weighted by Crippen LogP contribution is -2.68. The molecule has 32 heteroatoms. The molecule has 59 heavy (non-hydrogen) atoms. The van der Waals surface area contributed by atoms with E-state index in [4.69, 9.17) is 50.4 Å². The van der Waals surface area contributed by atoms with Crippen molar-refractivity contribution in [3.8, 4) is 0 Å². The summed E-state index contributed by atoms with van der Waals surface area (Å²) in [5.41, 5.74) is 17.1. The standard InChI is InChI=1S/C27H51N3O27P2/c28-2-7(33)20-19(54-25-17(39)22(57-59(46,47)48)16(38)18(53-25)8(34)3-31)6(32)1-27(55-20,26(41)42)50-5-10-21(56-58(43,44)45)15(37)12(30)24(52-10)49-4-9-13(35)14(36)11(29)23(40)51-9/h6-25,31-40H,1-5,28-30H2,(H,41,42)(H2,43,44,45)(H2,46,47,48)/t6-,7-,8-,9-,10-,11-,12-,13-,14-,15-,16-,17+,18-,19-,20-,21-,22+,23+,24-,25-,27-/m1/s1. The van der Waals surface area contributed by atoms with Crippen LogP contribution in [-0.2, 0) is 56.1 Å². The van der Waals surface area contributed by atoms with Gasteiger partial charge in [0.1, 0.15) is 79.4 Å². The van der Waals surface area contributed by atoms with E-state index >= 15 is 0 Å². The number of hydrogen-bond acceptors (Lipinski definition) is 25. The molecular weight excluding hydrogens is 860 g/mol. The van der Waals surface area contributed by atoms with Crippen molar-refractivity contribution in [2.45, 2.75) is 135 Å². The average Bonchev–Trinajstić information content (AvgIpc) is 3.15. The third kappa shape index (κ3) is 11.9. The molecule has 0 saturated carbocycles. The maximum absolute atomic E-state index is 12.8. The number of ether oxygens (including phenoxy) is 7. The van der Waals surface area contributed by atoms with Gasteiger partial charge in [-0.1, -0.05) is 0 Å². The minimum Gasteiger partial charge on any atom is -0.477 e. The number of carboxylic acid groups (broad SMARTS) is 1. The number of hydrogen-bond donors (Lipinski definition) is 18. The van der Waals surface area contributed by atoms with Gasteiger partial charge in [0.15, 0.2) is 18.9 Å². The quantitative estimate of drug-likeness (QED) is 0.0603. The van der Waals surface area contributed by atoms with Crippen LogP contribution in [0.25, 0.3) is 0 Å². The van der Waals surface area contributed by atoms with Crippen molar-refractivity contribution in [1.82, 2.24) is 0 Å². The van der Waals surface area contributed by atoms with Crippen LogP contribution >= 0.6 is 15.6 Å². The summed E-state index contributed by atoms with van der Waals surface area (Å²) in [6.07, 6.45) is -37.3. The Labute approximate surface area is 331 Å². The Hall–Kier alpha value is -1.11. The van der Waals surface area contributed by atoms with E-state index in [-0.39, 0.29) is 0 Å². The predicted octanol–water partition coefficient (Wildman–Crippen LogP) is -10.4. The molecule has 21 atom stereocenters. The first-order valence-electron chi connectivity index (χ1n) is 17.5. The van der Waals surface area contributed by atoms with E-state index in [1.165, 1.54) is 0 Å². The molecular formula is C27H51N3O27P2. The number of aliphatic carboxylic acids is 1. The number of nitrogens with two attached hydrogens (primary N) is 3. The van der Waals surface area contributed by atoms with Gasteiger partial charge < -0.3 is 126 Å². The normalized spacial score (nSPS) is 44.8. The van der Waals surface area contributed by atoms with E-state index in [9.17, 15) is 89.7 Å². The Morgan fingerprint density at radius 3 is 1.90 bits per heavy atom. The van der Waals surface area contributed by atoms with Gasteiger partial charge in [-0.2, -0.15) is 0 Å². The van der Waals surface area contributed by atoms with Crippen molar-refractivity contribution < 1.29 is 132 Å². The van der Waals surface area contributed by atoms with E-state index in [2.05, 4.69) is 9.05 Å². The minimum absolute atomic E-state index is 0.733. The molecule has 4 saturated heterocycles. The van der Waals surface area contributed by atoms with Crippen molar-refractivity contribution in [1.29, 1.82) is 0 Å². The molecule has 0 aromatic heterocycles. The first kappa shape index (κ1) is 50.5. The molecule has 346 valence electrons. The summed E-state index contributed by atoms with van der Waals surface area (Å²) in [5, 5.41) is 115. The van der Waals surface area contributed by atoms with Crippen LogP contribution in [0, 0.1) is 0 Å². The summed E-state index contributed by atoms with van der Waals surface area (Å²) in [4.78, 5) is 50.6. The highest BCUT2D eigenvalue weighted by Crippen LogP contribution is 2.44. The monoisotopic (exact) mass is 911 g/mol. The third-order valence-corrected chi connectivity index (χ3v) is 10.8. The van der Waals surface area contributed by atoms with Gasteiger partial charge >= 0.3 is 21.6 Å². The highest BCUT2D eigenvalue weighted by molar-refractivity contribution is 7.46. The molecule has 0 aliphatic carbocycles. The fraction of sp³-hybridized carbons (Fsp3) is 0.963. The molecule has 0 bridgehead atoms. The van der Waals surface area contributed by atoms with Crippen molar-refractivity contribution in [2.24, 2.45) is 17.2 Å². The maximum atomic E-state index is 12.8. The lowest BCUT2D eigenvalue weighted by molar-refractivity contribution is -0.372. The van der Waals surface area contributed by atoms with Gasteiger partial charge in [-0.3, -0.25) is 9.05 Å². The topological polar surface area (TPSA) is 516 Å². The van der Waals surface area contributed by atoms with Crippen LogP contribution in [0.5, 0.6) is 0 Å².